The van der Waals surface area contributed by atoms with Gasteiger partial charge in [0.05, 0.1) is 0 Å². The van der Waals surface area contributed by atoms with Gasteiger partial charge < -0.3 is 0 Å². The topological polar surface area (TPSA) is 30.2 Å². The molecular weight excluding hydrogens is 126 g/mol. The maximum absolute atomic E-state index is 4.02. The molecule has 0 aliphatic rings. The van der Waals surface area contributed by atoms with E-state index >= 15 is 0 Å². The van der Waals surface area contributed by atoms with Crippen LogP contribution in [0.1, 0.15) is 5.56 Å². The Bertz CT molecular complexity index is 234. The molecule has 0 aliphatic heterocycles. The summed E-state index contributed by atoms with van der Waals surface area (Å²) in [6.07, 6.45) is 3.55. The van der Waals surface area contributed by atoms with Crippen molar-refractivity contribution in [3.8, 4) is 0 Å². The van der Waals surface area contributed by atoms with Gasteiger partial charge in [-0.1, -0.05) is 12.7 Å². The summed E-state index contributed by atoms with van der Waals surface area (Å²) in [5.41, 5.74) is 0.914. The number of hydrogen-bond donors (Lipinski definition) is 0. The van der Waals surface area contributed by atoms with Crippen LogP contribution in [0.15, 0.2) is 17.8 Å². The van der Waals surface area contributed by atoms with Gasteiger partial charge in [-0.2, -0.15) is 5.10 Å². The molecule has 0 fully saturated rings. The molecule has 52 valence electrons. The van der Waals surface area contributed by atoms with Crippen LogP contribution >= 0.6 is 0 Å². The molecule has 1 aromatic heterocycles. The SMILES string of the molecule is C=Cc1cn(C)nc1N=C. The lowest BCUT2D eigenvalue weighted by Crippen LogP contribution is -1.84. The van der Waals surface area contributed by atoms with Gasteiger partial charge in [-0.15, -0.1) is 0 Å². The van der Waals surface area contributed by atoms with E-state index < -0.39 is 0 Å². The molecular formula is C7H9N3. The molecule has 0 spiro atoms. The van der Waals surface area contributed by atoms with Crippen LogP contribution in [0.5, 0.6) is 0 Å². The number of aromatic nitrogens is 2. The van der Waals surface area contributed by atoms with Crippen molar-refractivity contribution in [1.29, 1.82) is 0 Å². The number of nitrogens with zero attached hydrogens (tertiary/aromatic N) is 3. The molecule has 0 atom stereocenters. The fraction of sp³-hybridized carbons (Fsp3) is 0.143. The molecule has 3 heteroatoms. The summed E-state index contributed by atoms with van der Waals surface area (Å²) in [6.45, 7) is 6.99. The highest BCUT2D eigenvalue weighted by Crippen LogP contribution is 2.15. The lowest BCUT2D eigenvalue weighted by Gasteiger charge is -1.82. The summed E-state index contributed by atoms with van der Waals surface area (Å²) < 4.78 is 1.68. The summed E-state index contributed by atoms with van der Waals surface area (Å²) in [5.74, 6) is 0.637. The monoisotopic (exact) mass is 135 g/mol. The lowest BCUT2D eigenvalue weighted by atomic mass is 10.3. The molecule has 0 aromatic carbocycles. The Labute approximate surface area is 59.7 Å². The molecule has 1 aromatic rings. The molecule has 0 radical (unpaired) electrons. The van der Waals surface area contributed by atoms with Crippen LogP contribution in [0, 0.1) is 0 Å². The average molecular weight is 135 g/mol. The van der Waals surface area contributed by atoms with Crippen molar-refractivity contribution in [1.82, 2.24) is 9.78 Å². The Balaban J connectivity index is 3.20. The molecule has 3 nitrogen and oxygen atoms in total. The van der Waals surface area contributed by atoms with E-state index in [2.05, 4.69) is 23.4 Å². The fourth-order valence-electron chi connectivity index (χ4n) is 0.762. The van der Waals surface area contributed by atoms with Crippen molar-refractivity contribution < 1.29 is 0 Å². The number of aliphatic imine (C=N–C) groups is 1. The van der Waals surface area contributed by atoms with E-state index in [0.717, 1.165) is 5.56 Å². The molecule has 0 N–H and O–H groups in total. The minimum absolute atomic E-state index is 0.637. The average Bonchev–Trinajstić information content (AvgIpc) is 2.30. The van der Waals surface area contributed by atoms with Gasteiger partial charge in [0.15, 0.2) is 5.82 Å². The fourth-order valence-corrected chi connectivity index (χ4v) is 0.762. The summed E-state index contributed by atoms with van der Waals surface area (Å²) >= 11 is 0. The van der Waals surface area contributed by atoms with Crippen molar-refractivity contribution in [3.63, 3.8) is 0 Å². The van der Waals surface area contributed by atoms with E-state index in [1.165, 1.54) is 0 Å². The van der Waals surface area contributed by atoms with Gasteiger partial charge in [0.1, 0.15) is 0 Å². The van der Waals surface area contributed by atoms with Gasteiger partial charge in [0, 0.05) is 18.8 Å². The molecule has 0 saturated carbocycles. The Morgan fingerprint density at radius 3 is 2.90 bits per heavy atom. The van der Waals surface area contributed by atoms with E-state index in [1.54, 1.807) is 10.8 Å². The van der Waals surface area contributed by atoms with Gasteiger partial charge in [0.2, 0.25) is 0 Å². The van der Waals surface area contributed by atoms with Crippen LogP contribution in [0.4, 0.5) is 5.82 Å². The van der Waals surface area contributed by atoms with Crippen molar-refractivity contribution in [3.05, 3.63) is 18.3 Å². The molecule has 1 heterocycles. The summed E-state index contributed by atoms with van der Waals surface area (Å²) in [4.78, 5) is 3.71. The first kappa shape index (κ1) is 6.74. The minimum atomic E-state index is 0.637. The number of aryl methyl sites for hydroxylation is 1. The van der Waals surface area contributed by atoms with Crippen molar-refractivity contribution in [2.45, 2.75) is 0 Å². The Kier molecular flexibility index (Phi) is 1.67. The van der Waals surface area contributed by atoms with Gasteiger partial charge >= 0.3 is 0 Å². The van der Waals surface area contributed by atoms with Gasteiger partial charge in [0.25, 0.3) is 0 Å². The predicted molar refractivity (Wildman–Crippen MR) is 42.5 cm³/mol. The van der Waals surface area contributed by atoms with E-state index in [9.17, 15) is 0 Å². The number of hydrogen-bond acceptors (Lipinski definition) is 2. The number of rotatable bonds is 2. The second-order valence-corrected chi connectivity index (χ2v) is 1.94. The standard InChI is InChI=1S/C7H9N3/c1-4-6-5-10(3)9-7(6)8-2/h4-5H,1-2H2,3H3. The van der Waals surface area contributed by atoms with Crippen LogP contribution in [0.3, 0.4) is 0 Å². The Hall–Kier alpha value is -1.38. The van der Waals surface area contributed by atoms with Crippen molar-refractivity contribution >= 4 is 18.6 Å². The van der Waals surface area contributed by atoms with Crippen LogP contribution in [-0.2, 0) is 7.05 Å². The molecule has 0 unspecified atom stereocenters. The summed E-state index contributed by atoms with van der Waals surface area (Å²) in [5, 5.41) is 4.02. The quantitative estimate of drug-likeness (QED) is 0.563. The van der Waals surface area contributed by atoms with Crippen molar-refractivity contribution in [2.24, 2.45) is 12.0 Å². The zero-order valence-corrected chi connectivity index (χ0v) is 5.91. The largest absolute Gasteiger partial charge is 0.273 e. The van der Waals surface area contributed by atoms with Gasteiger partial charge in [-0.3, -0.25) is 4.68 Å². The smallest absolute Gasteiger partial charge is 0.180 e. The zero-order chi connectivity index (χ0) is 7.56. The lowest BCUT2D eigenvalue weighted by molar-refractivity contribution is 0.769. The third kappa shape index (κ3) is 0.978. The van der Waals surface area contributed by atoms with Gasteiger partial charge in [-0.25, -0.2) is 4.99 Å². The van der Waals surface area contributed by atoms with Crippen LogP contribution in [-0.4, -0.2) is 16.5 Å². The third-order valence-electron chi connectivity index (χ3n) is 1.21. The summed E-state index contributed by atoms with van der Waals surface area (Å²) in [7, 11) is 1.84. The normalized spacial score (nSPS) is 9.30. The van der Waals surface area contributed by atoms with Crippen molar-refractivity contribution in [2.75, 3.05) is 0 Å². The minimum Gasteiger partial charge on any atom is -0.273 e. The van der Waals surface area contributed by atoms with Crippen LogP contribution in [0.25, 0.3) is 6.08 Å². The van der Waals surface area contributed by atoms with E-state index in [0.29, 0.717) is 5.82 Å². The second-order valence-electron chi connectivity index (χ2n) is 1.94. The first-order chi connectivity index (χ1) is 4.77. The molecule has 0 aliphatic carbocycles. The van der Waals surface area contributed by atoms with E-state index in [4.69, 9.17) is 0 Å². The van der Waals surface area contributed by atoms with Gasteiger partial charge in [-0.05, 0) is 6.72 Å². The zero-order valence-electron chi connectivity index (χ0n) is 5.91. The van der Waals surface area contributed by atoms with Crippen LogP contribution < -0.4 is 0 Å². The Morgan fingerprint density at radius 1 is 1.80 bits per heavy atom. The summed E-state index contributed by atoms with van der Waals surface area (Å²) in [6, 6.07) is 0. The molecule has 1 rings (SSSR count). The molecule has 10 heavy (non-hydrogen) atoms. The third-order valence-corrected chi connectivity index (χ3v) is 1.21. The van der Waals surface area contributed by atoms with E-state index in [1.807, 2.05) is 13.2 Å². The maximum atomic E-state index is 4.02. The molecule has 0 saturated heterocycles. The Morgan fingerprint density at radius 2 is 2.50 bits per heavy atom. The van der Waals surface area contributed by atoms with Crippen LogP contribution in [0.2, 0.25) is 0 Å². The first-order valence-corrected chi connectivity index (χ1v) is 2.90. The highest BCUT2D eigenvalue weighted by atomic mass is 15.3. The molecule has 0 amide bonds. The van der Waals surface area contributed by atoms with E-state index in [-0.39, 0.29) is 0 Å². The first-order valence-electron chi connectivity index (χ1n) is 2.90. The highest BCUT2D eigenvalue weighted by molar-refractivity contribution is 5.60. The molecule has 0 bridgehead atoms. The highest BCUT2D eigenvalue weighted by Gasteiger charge is 1.99. The predicted octanol–water partition coefficient (Wildman–Crippen LogP) is 1.40. The maximum Gasteiger partial charge on any atom is 0.180 e. The second kappa shape index (κ2) is 2.47.